The molecular weight excluding hydrogens is 168 g/mol. The van der Waals surface area contributed by atoms with E-state index in [1.165, 1.54) is 0 Å². The highest BCUT2D eigenvalue weighted by atomic mass is 16.7. The molecule has 0 aromatic heterocycles. The number of hydrogen-bond donors (Lipinski definition) is 1. The molecule has 1 N–H and O–H groups in total. The molecule has 0 unspecified atom stereocenters. The van der Waals surface area contributed by atoms with Crippen molar-refractivity contribution < 1.29 is 14.6 Å². The van der Waals surface area contributed by atoms with Gasteiger partial charge in [-0.05, 0) is 20.3 Å². The smallest absolute Gasteiger partial charge is 0.163 e. The van der Waals surface area contributed by atoms with E-state index >= 15 is 0 Å². The van der Waals surface area contributed by atoms with Crippen LogP contribution < -0.4 is 0 Å². The first-order chi connectivity index (χ1) is 6.05. The summed E-state index contributed by atoms with van der Waals surface area (Å²) in [4.78, 5) is 0. The molecule has 1 fully saturated rings. The molecule has 1 saturated heterocycles. The Bertz CT molecular complexity index is 156. The first-order valence-electron chi connectivity index (χ1n) is 5.05. The Morgan fingerprint density at radius 3 is 2.69 bits per heavy atom. The lowest BCUT2D eigenvalue weighted by Gasteiger charge is -2.20. The molecule has 0 radical (unpaired) electrons. The number of hydrogen-bond acceptors (Lipinski definition) is 3. The molecule has 0 aromatic rings. The summed E-state index contributed by atoms with van der Waals surface area (Å²) in [5.74, 6) is -0.516. The van der Waals surface area contributed by atoms with Gasteiger partial charge >= 0.3 is 0 Å². The predicted octanol–water partition coefficient (Wildman–Crippen LogP) is 1.69. The van der Waals surface area contributed by atoms with Gasteiger partial charge in [0, 0.05) is 0 Å². The molecule has 3 heteroatoms. The second kappa shape index (κ2) is 4.40. The summed E-state index contributed by atoms with van der Waals surface area (Å²) in [6.07, 6.45) is 2.44. The molecule has 3 nitrogen and oxygen atoms in total. The zero-order valence-electron chi connectivity index (χ0n) is 8.75. The topological polar surface area (TPSA) is 38.7 Å². The van der Waals surface area contributed by atoms with Crippen LogP contribution in [0.15, 0.2) is 0 Å². The molecule has 1 aliphatic rings. The minimum atomic E-state index is -0.516. The molecule has 0 amide bonds. The Morgan fingerprint density at radius 1 is 1.54 bits per heavy atom. The quantitative estimate of drug-likeness (QED) is 0.729. The van der Waals surface area contributed by atoms with Crippen molar-refractivity contribution in [3.63, 3.8) is 0 Å². The van der Waals surface area contributed by atoms with Crippen molar-refractivity contribution >= 4 is 0 Å². The van der Waals surface area contributed by atoms with Crippen LogP contribution in [-0.4, -0.2) is 29.7 Å². The molecule has 0 aliphatic carbocycles. The van der Waals surface area contributed by atoms with Crippen molar-refractivity contribution in [3.05, 3.63) is 0 Å². The van der Waals surface area contributed by atoms with Crippen LogP contribution >= 0.6 is 0 Å². The summed E-state index contributed by atoms with van der Waals surface area (Å²) < 4.78 is 10.9. The molecule has 1 aliphatic heterocycles. The maximum atomic E-state index is 9.71. The van der Waals surface area contributed by atoms with Crippen molar-refractivity contribution in [3.8, 4) is 0 Å². The normalized spacial score (nSPS) is 29.1. The number of ether oxygens (including phenoxy) is 2. The summed E-state index contributed by atoms with van der Waals surface area (Å²) in [5.41, 5.74) is 0. The van der Waals surface area contributed by atoms with E-state index < -0.39 is 5.79 Å². The van der Waals surface area contributed by atoms with Crippen LogP contribution in [0.25, 0.3) is 0 Å². The van der Waals surface area contributed by atoms with Gasteiger partial charge in [0.1, 0.15) is 6.10 Å². The number of unbranched alkanes of at least 4 members (excludes halogenated alkanes) is 1. The van der Waals surface area contributed by atoms with Gasteiger partial charge in [-0.15, -0.1) is 0 Å². The standard InChI is InChI=1S/C10H20O3/c1-4-5-6-8(11)9-7-12-10(2,3)13-9/h8-9,11H,4-7H2,1-3H3/t8-,9+/m1/s1. The summed E-state index contributed by atoms with van der Waals surface area (Å²) in [7, 11) is 0. The highest BCUT2D eigenvalue weighted by Crippen LogP contribution is 2.25. The van der Waals surface area contributed by atoms with E-state index in [1.807, 2.05) is 13.8 Å². The lowest BCUT2D eigenvalue weighted by molar-refractivity contribution is -0.151. The second-order valence-corrected chi connectivity index (χ2v) is 4.08. The fourth-order valence-electron chi connectivity index (χ4n) is 1.50. The van der Waals surface area contributed by atoms with Crippen LogP contribution in [0.1, 0.15) is 40.0 Å². The second-order valence-electron chi connectivity index (χ2n) is 4.08. The maximum absolute atomic E-state index is 9.71. The number of rotatable bonds is 4. The minimum absolute atomic E-state index is 0.137. The van der Waals surface area contributed by atoms with E-state index in [0.29, 0.717) is 6.61 Å². The monoisotopic (exact) mass is 188 g/mol. The predicted molar refractivity (Wildman–Crippen MR) is 50.4 cm³/mol. The Balaban J connectivity index is 2.29. The SMILES string of the molecule is CCCC[C@@H](O)[C@@H]1COC(C)(C)O1. The summed E-state index contributed by atoms with van der Waals surface area (Å²) in [6.45, 7) is 6.37. The first-order valence-corrected chi connectivity index (χ1v) is 5.05. The third-order valence-electron chi connectivity index (χ3n) is 2.31. The van der Waals surface area contributed by atoms with Gasteiger partial charge in [-0.2, -0.15) is 0 Å². The van der Waals surface area contributed by atoms with Crippen LogP contribution in [0.3, 0.4) is 0 Å². The molecule has 0 bridgehead atoms. The molecule has 0 aromatic carbocycles. The van der Waals surface area contributed by atoms with Crippen LogP contribution in [0, 0.1) is 0 Å². The summed E-state index contributed by atoms with van der Waals surface area (Å²) in [6, 6.07) is 0. The van der Waals surface area contributed by atoms with E-state index in [9.17, 15) is 5.11 Å². The molecule has 2 atom stereocenters. The molecular formula is C10H20O3. The zero-order chi connectivity index (χ0) is 9.90. The Labute approximate surface area is 80.0 Å². The van der Waals surface area contributed by atoms with Crippen LogP contribution in [0.5, 0.6) is 0 Å². The van der Waals surface area contributed by atoms with Gasteiger partial charge in [-0.1, -0.05) is 19.8 Å². The molecule has 1 heterocycles. The van der Waals surface area contributed by atoms with E-state index in [-0.39, 0.29) is 12.2 Å². The molecule has 0 saturated carbocycles. The Hall–Kier alpha value is -0.120. The van der Waals surface area contributed by atoms with Gasteiger partial charge in [-0.3, -0.25) is 0 Å². The lowest BCUT2D eigenvalue weighted by atomic mass is 10.1. The van der Waals surface area contributed by atoms with E-state index in [1.54, 1.807) is 0 Å². The van der Waals surface area contributed by atoms with Crippen molar-refractivity contribution in [2.45, 2.75) is 58.0 Å². The molecule has 78 valence electrons. The van der Waals surface area contributed by atoms with Crippen LogP contribution in [0.2, 0.25) is 0 Å². The van der Waals surface area contributed by atoms with Gasteiger partial charge in [-0.25, -0.2) is 0 Å². The van der Waals surface area contributed by atoms with Gasteiger partial charge in [0.05, 0.1) is 12.7 Å². The third-order valence-corrected chi connectivity index (χ3v) is 2.31. The highest BCUT2D eigenvalue weighted by molar-refractivity contribution is 4.77. The van der Waals surface area contributed by atoms with Crippen molar-refractivity contribution in [2.24, 2.45) is 0 Å². The van der Waals surface area contributed by atoms with Gasteiger partial charge in [0.15, 0.2) is 5.79 Å². The molecule has 13 heavy (non-hydrogen) atoms. The number of aliphatic hydroxyl groups is 1. The summed E-state index contributed by atoms with van der Waals surface area (Å²) >= 11 is 0. The van der Waals surface area contributed by atoms with Crippen molar-refractivity contribution in [1.82, 2.24) is 0 Å². The van der Waals surface area contributed by atoms with Gasteiger partial charge in [0.2, 0.25) is 0 Å². The largest absolute Gasteiger partial charge is 0.390 e. The zero-order valence-corrected chi connectivity index (χ0v) is 8.75. The minimum Gasteiger partial charge on any atom is -0.390 e. The third kappa shape index (κ3) is 3.25. The average molecular weight is 188 g/mol. The first kappa shape index (κ1) is 11.0. The van der Waals surface area contributed by atoms with Crippen molar-refractivity contribution in [1.29, 1.82) is 0 Å². The van der Waals surface area contributed by atoms with Crippen molar-refractivity contribution in [2.75, 3.05) is 6.61 Å². The molecule has 0 spiro atoms. The van der Waals surface area contributed by atoms with Crippen LogP contribution in [0.4, 0.5) is 0 Å². The Morgan fingerprint density at radius 2 is 2.23 bits per heavy atom. The average Bonchev–Trinajstić information content (AvgIpc) is 2.42. The maximum Gasteiger partial charge on any atom is 0.163 e. The fourth-order valence-corrected chi connectivity index (χ4v) is 1.50. The summed E-state index contributed by atoms with van der Waals surface area (Å²) in [5, 5.41) is 9.71. The van der Waals surface area contributed by atoms with Gasteiger partial charge in [0.25, 0.3) is 0 Å². The van der Waals surface area contributed by atoms with E-state index in [0.717, 1.165) is 19.3 Å². The highest BCUT2D eigenvalue weighted by Gasteiger charge is 2.36. The van der Waals surface area contributed by atoms with E-state index in [4.69, 9.17) is 9.47 Å². The Kier molecular flexibility index (Phi) is 3.71. The van der Waals surface area contributed by atoms with E-state index in [2.05, 4.69) is 6.92 Å². The number of aliphatic hydroxyl groups excluding tert-OH is 1. The fraction of sp³-hybridized carbons (Fsp3) is 1.00. The lowest BCUT2D eigenvalue weighted by Crippen LogP contribution is -2.30. The van der Waals surface area contributed by atoms with Crippen LogP contribution in [-0.2, 0) is 9.47 Å². The van der Waals surface area contributed by atoms with Gasteiger partial charge < -0.3 is 14.6 Å². The molecule has 1 rings (SSSR count).